The van der Waals surface area contributed by atoms with E-state index in [1.54, 1.807) is 7.11 Å². The topological polar surface area (TPSA) is 29.5 Å². The number of ether oxygens (including phenoxy) is 1. The summed E-state index contributed by atoms with van der Waals surface area (Å²) in [4.78, 5) is 15.8. The van der Waals surface area contributed by atoms with E-state index in [2.05, 4.69) is 0 Å². The maximum atomic E-state index is 11.9. The molecule has 0 unspecified atom stereocenters. The highest BCUT2D eigenvalue weighted by Crippen LogP contribution is 2.37. The molecule has 1 aromatic rings. The fourth-order valence-electron chi connectivity index (χ4n) is 1.69. The van der Waals surface area contributed by atoms with Crippen molar-refractivity contribution in [2.75, 3.05) is 21.2 Å². The number of Topliss-reactive ketones (excluding diaryl/α,β-unsaturated/α-hetero) is 1. The van der Waals surface area contributed by atoms with Crippen LogP contribution >= 0.6 is 11.8 Å². The number of carbonyl (C=O) groups excluding carboxylic acids is 1. The fraction of sp³-hybridized carbons (Fsp3) is 0.308. The van der Waals surface area contributed by atoms with Crippen LogP contribution in [0.5, 0.6) is 5.75 Å². The number of rotatable bonds is 2. The summed E-state index contributed by atoms with van der Waals surface area (Å²) in [6.07, 6.45) is 2.33. The quantitative estimate of drug-likeness (QED) is 0.752. The zero-order valence-corrected chi connectivity index (χ0v) is 11.0. The second-order valence-corrected chi connectivity index (χ2v) is 5.22. The smallest absolute Gasteiger partial charge is 0.175 e. The summed E-state index contributed by atoms with van der Waals surface area (Å²) in [5.74, 6) is 0.974. The number of thioether (sulfide) groups is 1. The Kier molecular flexibility index (Phi) is 3.43. The lowest BCUT2D eigenvalue weighted by atomic mass is 10.1. The first-order valence-corrected chi connectivity index (χ1v) is 6.18. The van der Waals surface area contributed by atoms with Crippen LogP contribution in [0.1, 0.15) is 5.56 Å². The van der Waals surface area contributed by atoms with Crippen molar-refractivity contribution in [3.63, 3.8) is 0 Å². The van der Waals surface area contributed by atoms with Gasteiger partial charge in [0.15, 0.2) is 5.78 Å². The average Bonchev–Trinajstić information content (AvgIpc) is 2.29. The Bertz CT molecular complexity index is 480. The molecule has 0 N–H and O–H groups in total. The Morgan fingerprint density at radius 2 is 2.18 bits per heavy atom. The van der Waals surface area contributed by atoms with E-state index >= 15 is 0 Å². The summed E-state index contributed by atoms with van der Waals surface area (Å²) in [6.45, 7) is 0. The lowest BCUT2D eigenvalue weighted by Crippen LogP contribution is -2.14. The molecule has 0 bridgehead atoms. The maximum Gasteiger partial charge on any atom is 0.175 e. The summed E-state index contributed by atoms with van der Waals surface area (Å²) in [7, 11) is 5.48. The Morgan fingerprint density at radius 3 is 2.82 bits per heavy atom. The summed E-state index contributed by atoms with van der Waals surface area (Å²) in [5.41, 5.74) is 1.05. The summed E-state index contributed by atoms with van der Waals surface area (Å²) in [6, 6.07) is 5.87. The van der Waals surface area contributed by atoms with Crippen molar-refractivity contribution in [3.8, 4) is 5.75 Å². The van der Waals surface area contributed by atoms with E-state index in [0.717, 1.165) is 21.1 Å². The van der Waals surface area contributed by atoms with Crippen LogP contribution in [0.25, 0.3) is 0 Å². The number of nitrogens with zero attached hydrogens (tertiary/aromatic N) is 1. The molecule has 4 heteroatoms. The third-order valence-corrected chi connectivity index (χ3v) is 3.66. The van der Waals surface area contributed by atoms with Crippen LogP contribution in [0.15, 0.2) is 34.2 Å². The van der Waals surface area contributed by atoms with Crippen molar-refractivity contribution in [1.29, 1.82) is 0 Å². The zero-order chi connectivity index (χ0) is 12.4. The third kappa shape index (κ3) is 2.64. The number of methoxy groups -OCH3 is 1. The predicted molar refractivity (Wildman–Crippen MR) is 69.3 cm³/mol. The molecule has 1 aliphatic rings. The molecule has 0 aliphatic carbocycles. The van der Waals surface area contributed by atoms with Gasteiger partial charge in [-0.3, -0.25) is 4.79 Å². The minimum absolute atomic E-state index is 0.171. The van der Waals surface area contributed by atoms with Gasteiger partial charge < -0.3 is 9.64 Å². The van der Waals surface area contributed by atoms with Crippen molar-refractivity contribution >= 4 is 17.5 Å². The fourth-order valence-corrected chi connectivity index (χ4v) is 2.77. The first-order valence-electron chi connectivity index (χ1n) is 5.36. The van der Waals surface area contributed by atoms with Gasteiger partial charge in [-0.05, 0) is 23.8 Å². The molecular formula is C13H15NO2S. The van der Waals surface area contributed by atoms with Gasteiger partial charge in [-0.1, -0.05) is 11.8 Å². The number of hydrogen-bond acceptors (Lipinski definition) is 4. The van der Waals surface area contributed by atoms with Gasteiger partial charge in [0.25, 0.3) is 0 Å². The van der Waals surface area contributed by atoms with Crippen LogP contribution in [0, 0.1) is 0 Å². The molecule has 1 aliphatic heterocycles. The first kappa shape index (κ1) is 12.0. The van der Waals surface area contributed by atoms with E-state index in [-0.39, 0.29) is 5.78 Å². The first-order chi connectivity index (χ1) is 8.10. The van der Waals surface area contributed by atoms with Crippen LogP contribution in [0.2, 0.25) is 0 Å². The Balaban J connectivity index is 2.33. The molecule has 1 aromatic carbocycles. The van der Waals surface area contributed by atoms with Gasteiger partial charge in [0.05, 0.1) is 12.0 Å². The molecular weight excluding hydrogens is 234 g/mol. The number of fused-ring (bicyclic) bond motifs is 1. The van der Waals surface area contributed by atoms with Gasteiger partial charge in [-0.15, -0.1) is 0 Å². The van der Waals surface area contributed by atoms with Crippen molar-refractivity contribution < 1.29 is 9.53 Å². The molecule has 0 saturated heterocycles. The lowest BCUT2D eigenvalue weighted by Gasteiger charge is -2.19. The van der Waals surface area contributed by atoms with E-state index in [0.29, 0.717) is 6.42 Å². The molecule has 0 atom stereocenters. The third-order valence-electron chi connectivity index (χ3n) is 2.49. The normalized spacial score (nSPS) is 16.9. The Hall–Kier alpha value is -1.42. The highest BCUT2D eigenvalue weighted by Gasteiger charge is 2.22. The average molecular weight is 249 g/mol. The molecule has 2 rings (SSSR count). The molecule has 17 heavy (non-hydrogen) atoms. The predicted octanol–water partition coefficient (Wildman–Crippen LogP) is 2.32. The van der Waals surface area contributed by atoms with Gasteiger partial charge in [0.2, 0.25) is 0 Å². The van der Waals surface area contributed by atoms with Gasteiger partial charge >= 0.3 is 0 Å². The molecule has 0 spiro atoms. The number of hydrogen-bond donors (Lipinski definition) is 0. The van der Waals surface area contributed by atoms with Crippen LogP contribution in [-0.4, -0.2) is 31.9 Å². The van der Waals surface area contributed by atoms with E-state index < -0.39 is 0 Å². The van der Waals surface area contributed by atoms with Crippen LogP contribution < -0.4 is 4.74 Å². The minimum Gasteiger partial charge on any atom is -0.497 e. The molecule has 0 radical (unpaired) electrons. The molecule has 0 saturated carbocycles. The Morgan fingerprint density at radius 1 is 1.41 bits per heavy atom. The molecule has 3 nitrogen and oxygen atoms in total. The number of benzene rings is 1. The summed E-state index contributed by atoms with van der Waals surface area (Å²) >= 11 is 1.53. The Labute approximate surface area is 105 Å². The van der Waals surface area contributed by atoms with Gasteiger partial charge in [-0.2, -0.15) is 0 Å². The summed E-state index contributed by atoms with van der Waals surface area (Å²) < 4.78 is 5.16. The molecule has 0 amide bonds. The molecule has 1 heterocycles. The van der Waals surface area contributed by atoms with Crippen molar-refractivity contribution in [1.82, 2.24) is 4.90 Å². The number of carbonyl (C=O) groups is 1. The van der Waals surface area contributed by atoms with E-state index in [1.165, 1.54) is 11.8 Å². The standard InChI is InChI=1S/C13H15NO2S/c1-14(2)8-13-11(15)7-9-6-10(16-3)4-5-12(9)17-13/h4-6,8H,7H2,1-3H3. The number of ketones is 1. The summed E-state index contributed by atoms with van der Waals surface area (Å²) in [5, 5.41) is 0. The molecule has 0 fully saturated rings. The number of allylic oxidation sites excluding steroid dienone is 1. The largest absolute Gasteiger partial charge is 0.497 e. The highest BCUT2D eigenvalue weighted by molar-refractivity contribution is 8.04. The monoisotopic (exact) mass is 249 g/mol. The van der Waals surface area contributed by atoms with Crippen molar-refractivity contribution in [3.05, 3.63) is 34.9 Å². The minimum atomic E-state index is 0.171. The zero-order valence-electron chi connectivity index (χ0n) is 10.2. The maximum absolute atomic E-state index is 11.9. The molecule has 0 aromatic heterocycles. The lowest BCUT2D eigenvalue weighted by molar-refractivity contribution is -0.114. The van der Waals surface area contributed by atoms with E-state index in [9.17, 15) is 4.79 Å². The SMILES string of the molecule is COc1ccc2c(c1)CC(=O)C(=CN(C)C)S2. The van der Waals surface area contributed by atoms with Gasteiger partial charge in [0.1, 0.15) is 5.75 Å². The van der Waals surface area contributed by atoms with E-state index in [4.69, 9.17) is 4.74 Å². The second kappa shape index (κ2) is 4.84. The van der Waals surface area contributed by atoms with Gasteiger partial charge in [-0.25, -0.2) is 0 Å². The second-order valence-electron chi connectivity index (χ2n) is 4.13. The highest BCUT2D eigenvalue weighted by atomic mass is 32.2. The molecule has 90 valence electrons. The van der Waals surface area contributed by atoms with E-state index in [1.807, 2.05) is 43.4 Å². The van der Waals surface area contributed by atoms with Crippen molar-refractivity contribution in [2.24, 2.45) is 0 Å². The van der Waals surface area contributed by atoms with Crippen molar-refractivity contribution in [2.45, 2.75) is 11.3 Å². The van der Waals surface area contributed by atoms with Crippen LogP contribution in [-0.2, 0) is 11.2 Å². The van der Waals surface area contributed by atoms with Crippen LogP contribution in [0.3, 0.4) is 0 Å². The van der Waals surface area contributed by atoms with Gasteiger partial charge in [0, 0.05) is 31.6 Å². The van der Waals surface area contributed by atoms with Crippen LogP contribution in [0.4, 0.5) is 0 Å².